The summed E-state index contributed by atoms with van der Waals surface area (Å²) in [7, 11) is 1.62. The monoisotopic (exact) mass is 372 g/mol. The Hall–Kier alpha value is -1.41. The van der Waals surface area contributed by atoms with Crippen LogP contribution in [0.1, 0.15) is 5.56 Å². The second-order valence-corrected chi connectivity index (χ2v) is 5.10. The molecule has 0 fully saturated rings. The number of nitrogens with zero attached hydrogens (tertiary/aromatic N) is 2. The maximum absolute atomic E-state index is 11.5. The molecule has 1 aromatic carbocycles. The van der Waals surface area contributed by atoms with Crippen molar-refractivity contribution in [2.75, 3.05) is 7.11 Å². The molecule has 0 amide bonds. The van der Waals surface area contributed by atoms with Gasteiger partial charge >= 0.3 is 5.69 Å². The SMILES string of the molecule is COc1cccc(COCn2cc(I)cnc2=O)c1. The smallest absolute Gasteiger partial charge is 0.349 e. The summed E-state index contributed by atoms with van der Waals surface area (Å²) in [5.74, 6) is 0.786. The molecule has 1 heterocycles. The zero-order valence-corrected chi connectivity index (χ0v) is 12.5. The summed E-state index contributed by atoms with van der Waals surface area (Å²) in [4.78, 5) is 15.2. The van der Waals surface area contributed by atoms with E-state index in [0.717, 1.165) is 14.9 Å². The fourth-order valence-electron chi connectivity index (χ4n) is 1.55. The summed E-state index contributed by atoms with van der Waals surface area (Å²) >= 11 is 2.10. The molecule has 2 aromatic rings. The van der Waals surface area contributed by atoms with Gasteiger partial charge in [-0.25, -0.2) is 9.78 Å². The van der Waals surface area contributed by atoms with Crippen LogP contribution in [0.5, 0.6) is 5.75 Å². The average molecular weight is 372 g/mol. The minimum atomic E-state index is -0.314. The van der Waals surface area contributed by atoms with Crippen LogP contribution in [0.2, 0.25) is 0 Å². The van der Waals surface area contributed by atoms with E-state index in [1.165, 1.54) is 10.8 Å². The Labute approximate surface area is 124 Å². The molecular formula is C13H13IN2O3. The Bertz CT molecular complexity index is 613. The number of aromatic nitrogens is 2. The lowest BCUT2D eigenvalue weighted by molar-refractivity contribution is 0.0606. The maximum atomic E-state index is 11.5. The van der Waals surface area contributed by atoms with E-state index < -0.39 is 0 Å². The predicted molar refractivity (Wildman–Crippen MR) is 79.0 cm³/mol. The number of hydrogen-bond acceptors (Lipinski definition) is 4. The molecule has 2 rings (SSSR count). The molecule has 6 heteroatoms. The van der Waals surface area contributed by atoms with Gasteiger partial charge in [-0.3, -0.25) is 4.57 Å². The van der Waals surface area contributed by atoms with Gasteiger partial charge in [0.25, 0.3) is 0 Å². The predicted octanol–water partition coefficient (Wildman–Crippen LogP) is 2.03. The van der Waals surface area contributed by atoms with Gasteiger partial charge in [-0.2, -0.15) is 0 Å². The Kier molecular flexibility index (Phi) is 4.92. The fourth-order valence-corrected chi connectivity index (χ4v) is 2.02. The summed E-state index contributed by atoms with van der Waals surface area (Å²) < 4.78 is 13.0. The van der Waals surface area contributed by atoms with Gasteiger partial charge < -0.3 is 9.47 Å². The molecule has 19 heavy (non-hydrogen) atoms. The van der Waals surface area contributed by atoms with Crippen LogP contribution in [-0.4, -0.2) is 16.7 Å². The summed E-state index contributed by atoms with van der Waals surface area (Å²) in [6.07, 6.45) is 3.24. The zero-order valence-electron chi connectivity index (χ0n) is 10.4. The molecule has 0 saturated heterocycles. The largest absolute Gasteiger partial charge is 0.497 e. The first kappa shape index (κ1) is 14.0. The van der Waals surface area contributed by atoms with Crippen molar-refractivity contribution in [3.63, 3.8) is 0 Å². The van der Waals surface area contributed by atoms with Gasteiger partial charge in [-0.05, 0) is 40.3 Å². The lowest BCUT2D eigenvalue weighted by Gasteiger charge is -2.08. The molecular weight excluding hydrogens is 359 g/mol. The van der Waals surface area contributed by atoms with Gasteiger partial charge in [-0.1, -0.05) is 12.1 Å². The van der Waals surface area contributed by atoms with E-state index in [0.29, 0.717) is 6.61 Å². The van der Waals surface area contributed by atoms with E-state index in [2.05, 4.69) is 27.6 Å². The molecule has 0 unspecified atom stereocenters. The van der Waals surface area contributed by atoms with E-state index in [9.17, 15) is 4.79 Å². The lowest BCUT2D eigenvalue weighted by Crippen LogP contribution is -2.23. The molecule has 0 aliphatic heterocycles. The molecule has 0 bridgehead atoms. The minimum Gasteiger partial charge on any atom is -0.497 e. The highest BCUT2D eigenvalue weighted by molar-refractivity contribution is 14.1. The Morgan fingerprint density at radius 3 is 3.05 bits per heavy atom. The number of halogens is 1. The van der Waals surface area contributed by atoms with Crippen molar-refractivity contribution in [3.8, 4) is 5.75 Å². The molecule has 0 radical (unpaired) electrons. The topological polar surface area (TPSA) is 53.4 Å². The first-order valence-corrected chi connectivity index (χ1v) is 6.69. The van der Waals surface area contributed by atoms with Gasteiger partial charge in [0, 0.05) is 16.0 Å². The summed E-state index contributed by atoms with van der Waals surface area (Å²) in [5, 5.41) is 0. The number of ether oxygens (including phenoxy) is 2. The van der Waals surface area contributed by atoms with E-state index in [-0.39, 0.29) is 12.4 Å². The van der Waals surface area contributed by atoms with E-state index >= 15 is 0 Å². The molecule has 100 valence electrons. The zero-order chi connectivity index (χ0) is 13.7. The van der Waals surface area contributed by atoms with Crippen LogP contribution in [0.3, 0.4) is 0 Å². The van der Waals surface area contributed by atoms with Gasteiger partial charge in [0.2, 0.25) is 0 Å². The second kappa shape index (κ2) is 6.67. The van der Waals surface area contributed by atoms with Gasteiger partial charge in [0.15, 0.2) is 0 Å². The number of benzene rings is 1. The molecule has 1 aromatic heterocycles. The Morgan fingerprint density at radius 1 is 1.42 bits per heavy atom. The van der Waals surface area contributed by atoms with Crippen LogP contribution in [0.15, 0.2) is 41.5 Å². The van der Waals surface area contributed by atoms with Crippen molar-refractivity contribution in [2.24, 2.45) is 0 Å². The van der Waals surface area contributed by atoms with Crippen LogP contribution in [-0.2, 0) is 18.1 Å². The van der Waals surface area contributed by atoms with E-state index in [1.54, 1.807) is 13.3 Å². The maximum Gasteiger partial charge on any atom is 0.349 e. The van der Waals surface area contributed by atoms with Crippen molar-refractivity contribution in [3.05, 3.63) is 56.3 Å². The van der Waals surface area contributed by atoms with Crippen LogP contribution >= 0.6 is 22.6 Å². The van der Waals surface area contributed by atoms with Crippen LogP contribution in [0.25, 0.3) is 0 Å². The highest BCUT2D eigenvalue weighted by Gasteiger charge is 2.00. The molecule has 5 nitrogen and oxygen atoms in total. The molecule has 0 N–H and O–H groups in total. The number of methoxy groups -OCH3 is 1. The lowest BCUT2D eigenvalue weighted by atomic mass is 10.2. The number of rotatable bonds is 5. The minimum absolute atomic E-state index is 0.180. The molecule has 0 aliphatic rings. The molecule has 0 aliphatic carbocycles. The molecule has 0 spiro atoms. The quantitative estimate of drug-likeness (QED) is 0.754. The third kappa shape index (κ3) is 4.03. The molecule has 0 atom stereocenters. The Morgan fingerprint density at radius 2 is 2.26 bits per heavy atom. The van der Waals surface area contributed by atoms with Crippen molar-refractivity contribution >= 4 is 22.6 Å². The summed E-state index contributed by atoms with van der Waals surface area (Å²) in [6.45, 7) is 0.592. The van der Waals surface area contributed by atoms with E-state index in [4.69, 9.17) is 9.47 Å². The average Bonchev–Trinajstić information content (AvgIpc) is 2.43. The van der Waals surface area contributed by atoms with Gasteiger partial charge in [0.1, 0.15) is 12.5 Å². The second-order valence-electron chi connectivity index (χ2n) is 3.85. The van der Waals surface area contributed by atoms with Crippen molar-refractivity contribution in [1.82, 2.24) is 9.55 Å². The first-order valence-electron chi connectivity index (χ1n) is 5.61. The van der Waals surface area contributed by atoms with Crippen LogP contribution in [0, 0.1) is 3.57 Å². The van der Waals surface area contributed by atoms with E-state index in [1.807, 2.05) is 24.3 Å². The third-order valence-electron chi connectivity index (χ3n) is 2.46. The van der Waals surface area contributed by atoms with Crippen LogP contribution in [0.4, 0.5) is 0 Å². The van der Waals surface area contributed by atoms with Gasteiger partial charge in [-0.15, -0.1) is 0 Å². The fraction of sp³-hybridized carbons (Fsp3) is 0.231. The van der Waals surface area contributed by atoms with Crippen LogP contribution < -0.4 is 10.4 Å². The molecule has 0 saturated carbocycles. The first-order chi connectivity index (χ1) is 9.19. The van der Waals surface area contributed by atoms with Crippen molar-refractivity contribution < 1.29 is 9.47 Å². The third-order valence-corrected chi connectivity index (χ3v) is 3.01. The summed E-state index contributed by atoms with van der Waals surface area (Å²) in [5.41, 5.74) is 0.678. The Balaban J connectivity index is 1.96. The standard InChI is InChI=1S/C13H13IN2O3/c1-18-12-4-2-3-10(5-12)8-19-9-16-7-11(14)6-15-13(16)17/h2-7H,8-9H2,1H3. The normalized spacial score (nSPS) is 10.4. The highest BCUT2D eigenvalue weighted by atomic mass is 127. The highest BCUT2D eigenvalue weighted by Crippen LogP contribution is 2.13. The van der Waals surface area contributed by atoms with Crippen molar-refractivity contribution in [2.45, 2.75) is 13.3 Å². The van der Waals surface area contributed by atoms with Gasteiger partial charge in [0.05, 0.1) is 13.7 Å². The number of hydrogen-bond donors (Lipinski definition) is 0. The summed E-state index contributed by atoms with van der Waals surface area (Å²) in [6, 6.07) is 7.61. The van der Waals surface area contributed by atoms with Crippen molar-refractivity contribution in [1.29, 1.82) is 0 Å².